The van der Waals surface area contributed by atoms with Crippen molar-refractivity contribution in [3.63, 3.8) is 0 Å². The van der Waals surface area contributed by atoms with Crippen LogP contribution in [0.2, 0.25) is 0 Å². The Bertz CT molecular complexity index is 547. The first-order valence-corrected chi connectivity index (χ1v) is 6.38. The molecule has 0 bridgehead atoms. The Labute approximate surface area is 121 Å². The number of hydrogen-bond donors (Lipinski definition) is 2. The highest BCUT2D eigenvalue weighted by atomic mass is 16.6. The van der Waals surface area contributed by atoms with Crippen LogP contribution in [0.15, 0.2) is 6.20 Å². The van der Waals surface area contributed by atoms with Gasteiger partial charge in [0.15, 0.2) is 0 Å². The van der Waals surface area contributed by atoms with Gasteiger partial charge in [-0.05, 0) is 27.2 Å². The molecule has 0 radical (unpaired) electrons. The summed E-state index contributed by atoms with van der Waals surface area (Å²) in [6.45, 7) is 7.08. The minimum Gasteiger partial charge on any atom is -0.476 e. The SMILES string of the molecule is CCC(C)(C)NC(=O)C(C)n1cc([N+](=O)[O-])c(C(=O)O)n1. The number of nitro groups is 1. The normalized spacial score (nSPS) is 12.8. The number of aromatic carboxylic acids is 1. The van der Waals surface area contributed by atoms with Crippen LogP contribution in [-0.4, -0.2) is 37.2 Å². The van der Waals surface area contributed by atoms with Crippen molar-refractivity contribution in [1.82, 2.24) is 15.1 Å². The molecule has 1 aromatic rings. The number of carboxylic acids is 1. The zero-order valence-corrected chi connectivity index (χ0v) is 12.3. The number of amides is 1. The van der Waals surface area contributed by atoms with Crippen molar-refractivity contribution in [2.24, 2.45) is 0 Å². The average Bonchev–Trinajstić information content (AvgIpc) is 2.82. The predicted molar refractivity (Wildman–Crippen MR) is 73.1 cm³/mol. The van der Waals surface area contributed by atoms with Gasteiger partial charge in [-0.1, -0.05) is 6.92 Å². The maximum atomic E-state index is 12.1. The molecule has 2 N–H and O–H groups in total. The van der Waals surface area contributed by atoms with Crippen LogP contribution < -0.4 is 5.32 Å². The third kappa shape index (κ3) is 3.77. The fraction of sp³-hybridized carbons (Fsp3) is 0.583. The topological polar surface area (TPSA) is 127 Å². The first-order valence-electron chi connectivity index (χ1n) is 6.38. The van der Waals surface area contributed by atoms with Crippen LogP contribution in [0.5, 0.6) is 0 Å². The standard InChI is InChI=1S/C12H18N4O5/c1-5-12(3,4)13-10(17)7(2)15-6-8(16(20)21)9(14-15)11(18)19/h6-7H,5H2,1-4H3,(H,13,17)(H,18,19). The molecule has 0 spiro atoms. The summed E-state index contributed by atoms with van der Waals surface area (Å²) in [5.74, 6) is -1.90. The van der Waals surface area contributed by atoms with Gasteiger partial charge in [-0.15, -0.1) is 0 Å². The van der Waals surface area contributed by atoms with Crippen LogP contribution in [0.1, 0.15) is 50.6 Å². The summed E-state index contributed by atoms with van der Waals surface area (Å²) in [7, 11) is 0. The summed E-state index contributed by atoms with van der Waals surface area (Å²) in [6, 6.07) is -0.859. The number of nitrogens with zero attached hydrogens (tertiary/aromatic N) is 3. The molecule has 0 aromatic carbocycles. The van der Waals surface area contributed by atoms with Crippen LogP contribution in [0.3, 0.4) is 0 Å². The number of aromatic nitrogens is 2. The van der Waals surface area contributed by atoms with Gasteiger partial charge in [0.25, 0.3) is 0 Å². The molecule has 9 heteroatoms. The van der Waals surface area contributed by atoms with Gasteiger partial charge < -0.3 is 10.4 Å². The van der Waals surface area contributed by atoms with Crippen molar-refractivity contribution in [2.75, 3.05) is 0 Å². The Kier molecular flexibility index (Phi) is 4.66. The van der Waals surface area contributed by atoms with Crippen molar-refractivity contribution < 1.29 is 19.6 Å². The molecule has 1 amide bonds. The summed E-state index contributed by atoms with van der Waals surface area (Å²) in [5.41, 5.74) is -1.76. The molecule has 9 nitrogen and oxygen atoms in total. The molecule has 0 fully saturated rings. The molecular weight excluding hydrogens is 280 g/mol. The zero-order valence-electron chi connectivity index (χ0n) is 12.3. The second kappa shape index (κ2) is 5.90. The maximum Gasteiger partial charge on any atom is 0.363 e. The van der Waals surface area contributed by atoms with Crippen molar-refractivity contribution in [3.8, 4) is 0 Å². The molecule has 1 aromatic heterocycles. The lowest BCUT2D eigenvalue weighted by atomic mass is 10.0. The summed E-state index contributed by atoms with van der Waals surface area (Å²) < 4.78 is 0.989. The fourth-order valence-corrected chi connectivity index (χ4v) is 1.51. The van der Waals surface area contributed by atoms with E-state index in [2.05, 4.69) is 10.4 Å². The lowest BCUT2D eigenvalue weighted by Crippen LogP contribution is -2.45. The molecular formula is C12H18N4O5. The van der Waals surface area contributed by atoms with Crippen LogP contribution in [0.4, 0.5) is 5.69 Å². The zero-order chi connectivity index (χ0) is 16.4. The Balaban J connectivity index is 3.05. The van der Waals surface area contributed by atoms with Gasteiger partial charge in [0.2, 0.25) is 11.6 Å². The molecule has 21 heavy (non-hydrogen) atoms. The minimum absolute atomic E-state index is 0.392. The van der Waals surface area contributed by atoms with E-state index in [1.54, 1.807) is 0 Å². The average molecular weight is 298 g/mol. The smallest absolute Gasteiger partial charge is 0.363 e. The van der Waals surface area contributed by atoms with Gasteiger partial charge in [0, 0.05) is 5.54 Å². The van der Waals surface area contributed by atoms with E-state index in [4.69, 9.17) is 5.11 Å². The second-order valence-electron chi connectivity index (χ2n) is 5.31. The van der Waals surface area contributed by atoms with E-state index in [-0.39, 0.29) is 0 Å². The minimum atomic E-state index is -1.51. The van der Waals surface area contributed by atoms with Gasteiger partial charge in [-0.25, -0.2) is 4.79 Å². The quantitative estimate of drug-likeness (QED) is 0.602. The number of carboxylic acid groups (broad SMARTS) is 1. The van der Waals surface area contributed by atoms with Crippen LogP contribution in [0, 0.1) is 10.1 Å². The highest BCUT2D eigenvalue weighted by molar-refractivity contribution is 5.90. The van der Waals surface area contributed by atoms with E-state index < -0.39 is 39.8 Å². The number of rotatable bonds is 6. The lowest BCUT2D eigenvalue weighted by molar-refractivity contribution is -0.385. The van der Waals surface area contributed by atoms with Crippen LogP contribution in [-0.2, 0) is 4.79 Å². The van der Waals surface area contributed by atoms with Crippen molar-refractivity contribution in [1.29, 1.82) is 0 Å². The molecule has 0 aliphatic heterocycles. The molecule has 0 aliphatic carbocycles. The summed E-state index contributed by atoms with van der Waals surface area (Å²) in [4.78, 5) is 33.0. The molecule has 116 valence electrons. The van der Waals surface area contributed by atoms with Gasteiger partial charge in [0.05, 0.1) is 4.92 Å². The van der Waals surface area contributed by atoms with Gasteiger partial charge in [-0.2, -0.15) is 5.10 Å². The van der Waals surface area contributed by atoms with Crippen LogP contribution in [0.25, 0.3) is 0 Å². The Morgan fingerprint density at radius 1 is 1.57 bits per heavy atom. The number of carbonyl (C=O) groups is 2. The molecule has 0 saturated heterocycles. The fourth-order valence-electron chi connectivity index (χ4n) is 1.51. The highest BCUT2D eigenvalue weighted by Gasteiger charge is 2.29. The van der Waals surface area contributed by atoms with Crippen molar-refractivity contribution in [2.45, 2.75) is 45.7 Å². The van der Waals surface area contributed by atoms with E-state index in [0.717, 1.165) is 10.9 Å². The molecule has 0 saturated carbocycles. The summed E-state index contributed by atoms with van der Waals surface area (Å²) in [5, 5.41) is 26.1. The Morgan fingerprint density at radius 2 is 2.14 bits per heavy atom. The van der Waals surface area contributed by atoms with Crippen LogP contribution >= 0.6 is 0 Å². The number of hydrogen-bond acceptors (Lipinski definition) is 5. The first-order chi connectivity index (χ1) is 9.59. The second-order valence-corrected chi connectivity index (χ2v) is 5.31. The van der Waals surface area contributed by atoms with Gasteiger partial charge in [-0.3, -0.25) is 19.6 Å². The maximum absolute atomic E-state index is 12.1. The van der Waals surface area contributed by atoms with E-state index in [1.807, 2.05) is 20.8 Å². The largest absolute Gasteiger partial charge is 0.476 e. The lowest BCUT2D eigenvalue weighted by Gasteiger charge is -2.26. The van der Waals surface area contributed by atoms with Crippen molar-refractivity contribution in [3.05, 3.63) is 22.0 Å². The molecule has 1 unspecified atom stereocenters. The van der Waals surface area contributed by atoms with E-state index in [1.165, 1.54) is 6.92 Å². The van der Waals surface area contributed by atoms with E-state index >= 15 is 0 Å². The highest BCUT2D eigenvalue weighted by Crippen LogP contribution is 2.20. The molecule has 0 aliphatic rings. The monoisotopic (exact) mass is 298 g/mol. The molecule has 1 rings (SSSR count). The predicted octanol–water partition coefficient (Wildman–Crippen LogP) is 1.36. The van der Waals surface area contributed by atoms with Gasteiger partial charge >= 0.3 is 11.7 Å². The third-order valence-electron chi connectivity index (χ3n) is 3.23. The van der Waals surface area contributed by atoms with E-state index in [9.17, 15) is 19.7 Å². The summed E-state index contributed by atoms with van der Waals surface area (Å²) >= 11 is 0. The number of carbonyl (C=O) groups excluding carboxylic acids is 1. The number of nitrogens with one attached hydrogen (secondary N) is 1. The van der Waals surface area contributed by atoms with Crippen molar-refractivity contribution >= 4 is 17.6 Å². The Morgan fingerprint density at radius 3 is 2.52 bits per heavy atom. The third-order valence-corrected chi connectivity index (χ3v) is 3.23. The summed E-state index contributed by atoms with van der Waals surface area (Å²) in [6.07, 6.45) is 1.65. The molecule has 1 heterocycles. The van der Waals surface area contributed by atoms with Gasteiger partial charge in [0.1, 0.15) is 12.2 Å². The Hall–Kier alpha value is -2.45. The first kappa shape index (κ1) is 16.6. The van der Waals surface area contributed by atoms with E-state index in [0.29, 0.717) is 6.42 Å². The molecule has 1 atom stereocenters.